The van der Waals surface area contributed by atoms with Crippen molar-refractivity contribution in [3.63, 3.8) is 0 Å². The number of benzene rings is 2. The number of phenols is 1. The molecule has 0 saturated heterocycles. The third-order valence-electron chi connectivity index (χ3n) is 3.21. The molecule has 0 fully saturated rings. The topological polar surface area (TPSA) is 81.8 Å². The van der Waals surface area contributed by atoms with Gasteiger partial charge in [0.15, 0.2) is 0 Å². The number of nitrogens with one attached hydrogen (secondary N) is 1. The smallest absolute Gasteiger partial charge is 0.115 e. The van der Waals surface area contributed by atoms with Gasteiger partial charge in [0.25, 0.3) is 0 Å². The highest BCUT2D eigenvalue weighted by atomic mass is 16.3. The Kier molecular flexibility index (Phi) is 5.29. The zero-order chi connectivity index (χ0) is 15.1. The molecule has 0 spiro atoms. The van der Waals surface area contributed by atoms with Gasteiger partial charge in [0.05, 0.1) is 6.61 Å². The van der Waals surface area contributed by atoms with Gasteiger partial charge in [0.1, 0.15) is 5.75 Å². The molecule has 112 valence electrons. The summed E-state index contributed by atoms with van der Waals surface area (Å²) in [5, 5.41) is 21.7. The minimum atomic E-state index is 0.101. The van der Waals surface area contributed by atoms with Crippen LogP contribution in [0.15, 0.2) is 48.5 Å². The minimum absolute atomic E-state index is 0.101. The largest absolute Gasteiger partial charge is 0.508 e. The fourth-order valence-electron chi connectivity index (χ4n) is 2.09. The fourth-order valence-corrected chi connectivity index (χ4v) is 2.09. The molecule has 0 aromatic heterocycles. The van der Waals surface area contributed by atoms with Gasteiger partial charge in [0, 0.05) is 36.7 Å². The molecule has 2 aromatic rings. The van der Waals surface area contributed by atoms with E-state index in [0.717, 1.165) is 30.2 Å². The first-order valence-corrected chi connectivity index (χ1v) is 6.93. The number of nitrogens with two attached hydrogens (primary N) is 1. The molecular formula is C16H21N3O2. The fraction of sp³-hybridized carbons (Fsp3) is 0.250. The second-order valence-electron chi connectivity index (χ2n) is 4.78. The summed E-state index contributed by atoms with van der Waals surface area (Å²) >= 11 is 0. The van der Waals surface area contributed by atoms with Gasteiger partial charge in [0.2, 0.25) is 0 Å². The lowest BCUT2D eigenvalue weighted by atomic mass is 10.2. The van der Waals surface area contributed by atoms with Crippen molar-refractivity contribution in [3.05, 3.63) is 48.5 Å². The van der Waals surface area contributed by atoms with Crippen molar-refractivity contribution >= 4 is 17.1 Å². The van der Waals surface area contributed by atoms with Gasteiger partial charge in [-0.2, -0.15) is 0 Å². The highest BCUT2D eigenvalue weighted by Gasteiger charge is 2.05. The quantitative estimate of drug-likeness (QED) is 0.462. The highest BCUT2D eigenvalue weighted by molar-refractivity contribution is 5.53. The Balaban J connectivity index is 1.90. The van der Waals surface area contributed by atoms with Crippen molar-refractivity contribution in [2.45, 2.75) is 0 Å². The van der Waals surface area contributed by atoms with Crippen LogP contribution in [-0.2, 0) is 0 Å². The SMILES string of the molecule is Nc1ccc(N(CCO)CCNc2ccc(O)cc2)cc1. The van der Waals surface area contributed by atoms with E-state index in [9.17, 15) is 10.2 Å². The third-order valence-corrected chi connectivity index (χ3v) is 3.21. The van der Waals surface area contributed by atoms with Crippen LogP contribution in [0.3, 0.4) is 0 Å². The lowest BCUT2D eigenvalue weighted by Crippen LogP contribution is -2.31. The number of hydrogen-bond acceptors (Lipinski definition) is 5. The number of nitrogen functional groups attached to an aromatic ring is 1. The summed E-state index contributed by atoms with van der Waals surface area (Å²) < 4.78 is 0. The van der Waals surface area contributed by atoms with Gasteiger partial charge in [-0.15, -0.1) is 0 Å². The Hall–Kier alpha value is -2.40. The number of aliphatic hydroxyl groups is 1. The van der Waals surface area contributed by atoms with Crippen molar-refractivity contribution < 1.29 is 10.2 Å². The predicted molar refractivity (Wildman–Crippen MR) is 86.7 cm³/mol. The molecule has 0 aliphatic heterocycles. The maximum atomic E-state index is 9.24. The standard InChI is InChI=1S/C16H21N3O2/c17-13-1-5-15(6-2-13)19(11-12-20)10-9-18-14-3-7-16(21)8-4-14/h1-8,18,20-21H,9-12,17H2. The van der Waals surface area contributed by atoms with E-state index in [2.05, 4.69) is 10.2 Å². The molecule has 0 atom stereocenters. The van der Waals surface area contributed by atoms with Crippen LogP contribution in [0.2, 0.25) is 0 Å². The van der Waals surface area contributed by atoms with Gasteiger partial charge < -0.3 is 26.2 Å². The molecule has 0 saturated carbocycles. The molecular weight excluding hydrogens is 266 g/mol. The molecule has 2 aromatic carbocycles. The van der Waals surface area contributed by atoms with E-state index in [1.807, 2.05) is 36.4 Å². The Morgan fingerprint density at radius 1 is 0.952 bits per heavy atom. The summed E-state index contributed by atoms with van der Waals surface area (Å²) in [5.74, 6) is 0.254. The lowest BCUT2D eigenvalue weighted by molar-refractivity contribution is 0.302. The first-order valence-electron chi connectivity index (χ1n) is 6.93. The second-order valence-corrected chi connectivity index (χ2v) is 4.78. The number of aromatic hydroxyl groups is 1. The first-order chi connectivity index (χ1) is 10.2. The molecule has 0 unspecified atom stereocenters. The maximum absolute atomic E-state index is 9.24. The molecule has 0 bridgehead atoms. The summed E-state index contributed by atoms with van der Waals surface area (Å²) in [6.45, 7) is 2.16. The molecule has 5 heteroatoms. The average molecular weight is 287 g/mol. The van der Waals surface area contributed by atoms with E-state index in [1.54, 1.807) is 12.1 Å². The van der Waals surface area contributed by atoms with E-state index in [1.165, 1.54) is 0 Å². The first kappa shape index (κ1) is 15.0. The molecule has 21 heavy (non-hydrogen) atoms. The van der Waals surface area contributed by atoms with Gasteiger partial charge in [-0.1, -0.05) is 0 Å². The molecule has 0 aliphatic rings. The number of anilines is 3. The number of rotatable bonds is 7. The zero-order valence-corrected chi connectivity index (χ0v) is 11.9. The summed E-state index contributed by atoms with van der Waals surface area (Å²) in [4.78, 5) is 2.09. The Bertz CT molecular complexity index is 540. The Morgan fingerprint density at radius 2 is 1.62 bits per heavy atom. The minimum Gasteiger partial charge on any atom is -0.508 e. The van der Waals surface area contributed by atoms with Crippen molar-refractivity contribution in [2.75, 3.05) is 42.2 Å². The second kappa shape index (κ2) is 7.40. The van der Waals surface area contributed by atoms with Crippen molar-refractivity contribution in [2.24, 2.45) is 0 Å². The van der Waals surface area contributed by atoms with Crippen LogP contribution >= 0.6 is 0 Å². The number of phenolic OH excluding ortho intramolecular Hbond substituents is 1. The summed E-state index contributed by atoms with van der Waals surface area (Å²) in [6, 6.07) is 14.6. The van der Waals surface area contributed by atoms with Gasteiger partial charge >= 0.3 is 0 Å². The molecule has 2 rings (SSSR count). The van der Waals surface area contributed by atoms with Crippen LogP contribution in [0.25, 0.3) is 0 Å². The van der Waals surface area contributed by atoms with Crippen molar-refractivity contribution in [1.29, 1.82) is 0 Å². The van der Waals surface area contributed by atoms with Crippen LogP contribution in [0.4, 0.5) is 17.1 Å². The highest BCUT2D eigenvalue weighted by Crippen LogP contribution is 2.16. The summed E-state index contributed by atoms with van der Waals surface area (Å²) in [6.07, 6.45) is 0. The van der Waals surface area contributed by atoms with Gasteiger partial charge in [-0.3, -0.25) is 0 Å². The molecule has 0 radical (unpaired) electrons. The van der Waals surface area contributed by atoms with E-state index >= 15 is 0 Å². The van der Waals surface area contributed by atoms with Crippen molar-refractivity contribution in [1.82, 2.24) is 0 Å². The monoisotopic (exact) mass is 287 g/mol. The van der Waals surface area contributed by atoms with Crippen LogP contribution in [0.1, 0.15) is 0 Å². The Labute approximate surface area is 124 Å². The van der Waals surface area contributed by atoms with Gasteiger partial charge in [-0.05, 0) is 48.5 Å². The molecule has 5 N–H and O–H groups in total. The zero-order valence-electron chi connectivity index (χ0n) is 11.9. The van der Waals surface area contributed by atoms with Crippen LogP contribution in [-0.4, -0.2) is 36.5 Å². The predicted octanol–water partition coefficient (Wildman–Crippen LogP) is 1.89. The number of aliphatic hydroxyl groups excluding tert-OH is 1. The third kappa shape index (κ3) is 4.57. The Morgan fingerprint density at radius 3 is 2.24 bits per heavy atom. The van der Waals surface area contributed by atoms with Crippen LogP contribution in [0, 0.1) is 0 Å². The molecule has 0 amide bonds. The van der Waals surface area contributed by atoms with Crippen LogP contribution in [0.5, 0.6) is 5.75 Å². The summed E-state index contributed by atoms with van der Waals surface area (Å²) in [7, 11) is 0. The van der Waals surface area contributed by atoms with E-state index in [0.29, 0.717) is 6.54 Å². The molecule has 5 nitrogen and oxygen atoms in total. The molecule has 0 heterocycles. The summed E-state index contributed by atoms with van der Waals surface area (Å²) in [5.41, 5.74) is 8.40. The van der Waals surface area contributed by atoms with Gasteiger partial charge in [-0.25, -0.2) is 0 Å². The van der Waals surface area contributed by atoms with Crippen molar-refractivity contribution in [3.8, 4) is 5.75 Å². The van der Waals surface area contributed by atoms with E-state index in [4.69, 9.17) is 5.73 Å². The number of nitrogens with zero attached hydrogens (tertiary/aromatic N) is 1. The van der Waals surface area contributed by atoms with Crippen LogP contribution < -0.4 is 16.0 Å². The maximum Gasteiger partial charge on any atom is 0.115 e. The normalized spacial score (nSPS) is 10.3. The molecule has 0 aliphatic carbocycles. The van der Waals surface area contributed by atoms with E-state index in [-0.39, 0.29) is 12.4 Å². The number of hydrogen-bond donors (Lipinski definition) is 4. The lowest BCUT2D eigenvalue weighted by Gasteiger charge is -2.24. The average Bonchev–Trinajstić information content (AvgIpc) is 2.49. The van der Waals surface area contributed by atoms with E-state index < -0.39 is 0 Å².